The zero-order valence-electron chi connectivity index (χ0n) is 7.57. The van der Waals surface area contributed by atoms with Gasteiger partial charge in [0, 0.05) is 11.8 Å². The van der Waals surface area contributed by atoms with E-state index in [1.165, 1.54) is 6.07 Å². The van der Waals surface area contributed by atoms with Crippen LogP contribution < -0.4 is 0 Å². The van der Waals surface area contributed by atoms with Crippen molar-refractivity contribution in [2.75, 3.05) is 0 Å². The number of H-pyrrole nitrogens is 1. The van der Waals surface area contributed by atoms with Crippen molar-refractivity contribution >= 4 is 17.6 Å². The van der Waals surface area contributed by atoms with E-state index in [0.717, 1.165) is 0 Å². The number of aromatic amines is 1. The molecule has 0 atom stereocenters. The van der Waals surface area contributed by atoms with Gasteiger partial charge in [0.15, 0.2) is 0 Å². The highest BCUT2D eigenvalue weighted by molar-refractivity contribution is 6.36. The fourth-order valence-electron chi connectivity index (χ4n) is 1.31. The molecule has 1 aromatic carbocycles. The fraction of sp³-hybridized carbons (Fsp3) is 0. The summed E-state index contributed by atoms with van der Waals surface area (Å²) in [7, 11) is 0. The van der Waals surface area contributed by atoms with E-state index in [0.29, 0.717) is 11.3 Å². The third-order valence-electron chi connectivity index (χ3n) is 2.02. The summed E-state index contributed by atoms with van der Waals surface area (Å²) in [6.45, 7) is 0. The maximum atomic E-state index is 10.8. The summed E-state index contributed by atoms with van der Waals surface area (Å²) >= 11 is 5.97. The van der Waals surface area contributed by atoms with Crippen molar-refractivity contribution in [1.29, 1.82) is 0 Å². The SMILES string of the molecule is O=C(O)c1cccc(-c2ccn[nH]2)c1Cl. The first-order valence-corrected chi connectivity index (χ1v) is 4.59. The van der Waals surface area contributed by atoms with Crippen LogP contribution in [0.5, 0.6) is 0 Å². The molecule has 1 aromatic heterocycles. The van der Waals surface area contributed by atoms with E-state index in [1.54, 1.807) is 24.4 Å². The zero-order valence-corrected chi connectivity index (χ0v) is 8.32. The van der Waals surface area contributed by atoms with Crippen LogP contribution in [0, 0.1) is 0 Å². The summed E-state index contributed by atoms with van der Waals surface area (Å²) in [5.41, 5.74) is 1.42. The van der Waals surface area contributed by atoms with Gasteiger partial charge >= 0.3 is 5.97 Å². The summed E-state index contributed by atoms with van der Waals surface area (Å²) < 4.78 is 0. The molecule has 0 radical (unpaired) electrons. The van der Waals surface area contributed by atoms with Crippen LogP contribution in [-0.4, -0.2) is 21.3 Å². The molecule has 0 amide bonds. The minimum absolute atomic E-state index is 0.0868. The second kappa shape index (κ2) is 3.74. The van der Waals surface area contributed by atoms with Gasteiger partial charge in [0.2, 0.25) is 0 Å². The number of rotatable bonds is 2. The highest BCUT2D eigenvalue weighted by atomic mass is 35.5. The number of benzene rings is 1. The molecule has 0 aliphatic carbocycles. The van der Waals surface area contributed by atoms with Gasteiger partial charge in [0.1, 0.15) is 0 Å². The molecule has 0 bridgehead atoms. The lowest BCUT2D eigenvalue weighted by molar-refractivity contribution is 0.0697. The molecule has 0 spiro atoms. The van der Waals surface area contributed by atoms with Gasteiger partial charge in [-0.05, 0) is 12.1 Å². The predicted octanol–water partition coefficient (Wildman–Crippen LogP) is 2.43. The molecule has 76 valence electrons. The maximum absolute atomic E-state index is 10.8. The Morgan fingerprint density at radius 2 is 2.20 bits per heavy atom. The Balaban J connectivity index is 2.59. The van der Waals surface area contributed by atoms with Crippen molar-refractivity contribution < 1.29 is 9.90 Å². The van der Waals surface area contributed by atoms with Gasteiger partial charge in [-0.1, -0.05) is 23.7 Å². The first-order chi connectivity index (χ1) is 7.20. The van der Waals surface area contributed by atoms with E-state index in [2.05, 4.69) is 10.2 Å². The molecule has 4 nitrogen and oxygen atoms in total. The number of nitrogens with zero attached hydrogens (tertiary/aromatic N) is 1. The van der Waals surface area contributed by atoms with E-state index < -0.39 is 5.97 Å². The number of nitrogens with one attached hydrogen (secondary N) is 1. The predicted molar refractivity (Wildman–Crippen MR) is 56.0 cm³/mol. The number of aromatic nitrogens is 2. The van der Waals surface area contributed by atoms with Crippen molar-refractivity contribution in [2.45, 2.75) is 0 Å². The van der Waals surface area contributed by atoms with Crippen LogP contribution in [0.2, 0.25) is 5.02 Å². The van der Waals surface area contributed by atoms with Gasteiger partial charge in [-0.15, -0.1) is 0 Å². The molecule has 5 heteroatoms. The maximum Gasteiger partial charge on any atom is 0.337 e. The number of carbonyl (C=O) groups is 1. The topological polar surface area (TPSA) is 66.0 Å². The summed E-state index contributed by atoms with van der Waals surface area (Å²) in [6.07, 6.45) is 1.58. The van der Waals surface area contributed by atoms with Crippen molar-refractivity contribution in [1.82, 2.24) is 10.2 Å². The second-order valence-electron chi connectivity index (χ2n) is 2.94. The van der Waals surface area contributed by atoms with E-state index >= 15 is 0 Å². The van der Waals surface area contributed by atoms with Crippen LogP contribution in [0.25, 0.3) is 11.3 Å². The highest BCUT2D eigenvalue weighted by Crippen LogP contribution is 2.29. The van der Waals surface area contributed by atoms with Crippen LogP contribution in [-0.2, 0) is 0 Å². The molecule has 2 rings (SSSR count). The van der Waals surface area contributed by atoms with Crippen molar-refractivity contribution in [3.63, 3.8) is 0 Å². The van der Waals surface area contributed by atoms with E-state index in [4.69, 9.17) is 16.7 Å². The van der Waals surface area contributed by atoms with Crippen LogP contribution in [0.15, 0.2) is 30.5 Å². The smallest absolute Gasteiger partial charge is 0.337 e. The molecular formula is C10H7ClN2O2. The highest BCUT2D eigenvalue weighted by Gasteiger charge is 2.13. The summed E-state index contributed by atoms with van der Waals surface area (Å²) in [6, 6.07) is 6.57. The molecule has 0 fully saturated rings. The van der Waals surface area contributed by atoms with Crippen LogP contribution in [0.4, 0.5) is 0 Å². The first kappa shape index (κ1) is 9.73. The third-order valence-corrected chi connectivity index (χ3v) is 2.43. The third kappa shape index (κ3) is 1.71. The summed E-state index contributed by atoms with van der Waals surface area (Å²) in [5.74, 6) is -1.04. The number of aromatic carboxylic acids is 1. The standard InChI is InChI=1S/C10H7ClN2O2/c11-9-6(8-4-5-12-13-8)2-1-3-7(9)10(14)15/h1-5H,(H,12,13)(H,14,15). The number of carboxylic acids is 1. The lowest BCUT2D eigenvalue weighted by Gasteiger charge is -2.04. The van der Waals surface area contributed by atoms with Gasteiger partial charge in [-0.3, -0.25) is 5.10 Å². The fourth-order valence-corrected chi connectivity index (χ4v) is 1.62. The Morgan fingerprint density at radius 3 is 2.80 bits per heavy atom. The van der Waals surface area contributed by atoms with Gasteiger partial charge in [-0.2, -0.15) is 5.10 Å². The van der Waals surface area contributed by atoms with Gasteiger partial charge in [0.25, 0.3) is 0 Å². The molecule has 2 N–H and O–H groups in total. The molecule has 1 heterocycles. The Labute approximate surface area is 90.5 Å². The van der Waals surface area contributed by atoms with Crippen LogP contribution >= 0.6 is 11.6 Å². The monoisotopic (exact) mass is 222 g/mol. The summed E-state index contributed by atoms with van der Waals surface area (Å²) in [4.78, 5) is 10.8. The molecule has 0 aliphatic rings. The van der Waals surface area contributed by atoms with E-state index in [-0.39, 0.29) is 10.6 Å². The largest absolute Gasteiger partial charge is 0.478 e. The number of halogens is 1. The van der Waals surface area contributed by atoms with Gasteiger partial charge in [0.05, 0.1) is 16.3 Å². The first-order valence-electron chi connectivity index (χ1n) is 4.21. The van der Waals surface area contributed by atoms with Crippen molar-refractivity contribution in [2.24, 2.45) is 0 Å². The average Bonchev–Trinajstić information content (AvgIpc) is 2.70. The van der Waals surface area contributed by atoms with Crippen molar-refractivity contribution in [3.8, 4) is 11.3 Å². The number of carboxylic acid groups (broad SMARTS) is 1. The molecule has 0 aliphatic heterocycles. The lowest BCUT2D eigenvalue weighted by Crippen LogP contribution is -1.98. The number of hydrogen-bond donors (Lipinski definition) is 2. The average molecular weight is 223 g/mol. The van der Waals surface area contributed by atoms with Gasteiger partial charge in [-0.25, -0.2) is 4.79 Å². The Bertz CT molecular complexity index is 494. The zero-order chi connectivity index (χ0) is 10.8. The Morgan fingerprint density at radius 1 is 1.40 bits per heavy atom. The van der Waals surface area contributed by atoms with E-state index in [9.17, 15) is 4.79 Å². The molecule has 2 aromatic rings. The molecule has 0 saturated heterocycles. The van der Waals surface area contributed by atoms with Crippen LogP contribution in [0.1, 0.15) is 10.4 Å². The quantitative estimate of drug-likeness (QED) is 0.820. The normalized spacial score (nSPS) is 10.2. The second-order valence-corrected chi connectivity index (χ2v) is 3.32. The molecule has 15 heavy (non-hydrogen) atoms. The minimum Gasteiger partial charge on any atom is -0.478 e. The minimum atomic E-state index is -1.04. The van der Waals surface area contributed by atoms with Gasteiger partial charge < -0.3 is 5.11 Å². The Kier molecular flexibility index (Phi) is 2.43. The van der Waals surface area contributed by atoms with Crippen molar-refractivity contribution in [3.05, 3.63) is 41.0 Å². The number of hydrogen-bond acceptors (Lipinski definition) is 2. The van der Waals surface area contributed by atoms with Crippen LogP contribution in [0.3, 0.4) is 0 Å². The molecule has 0 saturated carbocycles. The molecule has 0 unspecified atom stereocenters. The lowest BCUT2D eigenvalue weighted by atomic mass is 10.1. The summed E-state index contributed by atoms with van der Waals surface area (Å²) in [5, 5.41) is 15.6. The molecular weight excluding hydrogens is 216 g/mol. The Hall–Kier alpha value is -1.81. The van der Waals surface area contributed by atoms with E-state index in [1.807, 2.05) is 0 Å².